The molecular weight excluding hydrogens is 394 g/mol. The van der Waals surface area contributed by atoms with E-state index in [2.05, 4.69) is 10.3 Å². The molecule has 1 aromatic heterocycles. The van der Waals surface area contributed by atoms with Gasteiger partial charge in [0.15, 0.2) is 9.84 Å². The number of anilines is 2. The molecule has 1 N–H and O–H groups in total. The molecule has 3 aromatic rings. The van der Waals surface area contributed by atoms with Gasteiger partial charge in [0.2, 0.25) is 0 Å². The Labute approximate surface area is 168 Å². The van der Waals surface area contributed by atoms with Crippen molar-refractivity contribution in [2.75, 3.05) is 11.1 Å². The fraction of sp³-hybridized carbons (Fsp3) is 0.150. The van der Waals surface area contributed by atoms with E-state index in [1.54, 1.807) is 56.3 Å². The largest absolute Gasteiger partial charge is 0.456 e. The first-order valence-electron chi connectivity index (χ1n) is 8.78. The minimum Gasteiger partial charge on any atom is -0.456 e. The highest BCUT2D eigenvalue weighted by Gasteiger charge is 2.17. The topological polar surface area (TPSA) is 111 Å². The van der Waals surface area contributed by atoms with Crippen LogP contribution in [-0.4, -0.2) is 24.1 Å². The van der Waals surface area contributed by atoms with Crippen LogP contribution >= 0.6 is 0 Å². The molecule has 150 valence electrons. The van der Waals surface area contributed by atoms with Crippen LogP contribution in [-0.2, 0) is 9.84 Å². The highest BCUT2D eigenvalue weighted by Crippen LogP contribution is 2.30. The maximum atomic E-state index is 12.2. The summed E-state index contributed by atoms with van der Waals surface area (Å²) in [5, 5.41) is 13.9. The van der Waals surface area contributed by atoms with Gasteiger partial charge >= 0.3 is 0 Å². The molecule has 0 fully saturated rings. The zero-order valence-corrected chi connectivity index (χ0v) is 16.6. The van der Waals surface area contributed by atoms with Crippen molar-refractivity contribution in [3.63, 3.8) is 0 Å². The predicted molar refractivity (Wildman–Crippen MR) is 110 cm³/mol. The van der Waals surface area contributed by atoms with Crippen LogP contribution in [0.5, 0.6) is 11.5 Å². The number of para-hydroxylation sites is 1. The summed E-state index contributed by atoms with van der Waals surface area (Å²) in [6.07, 6.45) is 1.19. The summed E-state index contributed by atoms with van der Waals surface area (Å²) >= 11 is 0. The number of ether oxygens (including phenoxy) is 1. The van der Waals surface area contributed by atoms with Crippen molar-refractivity contribution in [2.45, 2.75) is 18.7 Å². The van der Waals surface area contributed by atoms with Crippen molar-refractivity contribution in [1.82, 2.24) is 4.98 Å². The van der Waals surface area contributed by atoms with Crippen molar-refractivity contribution >= 4 is 27.0 Å². The van der Waals surface area contributed by atoms with Crippen molar-refractivity contribution in [3.8, 4) is 11.5 Å². The smallest absolute Gasteiger partial charge is 0.287 e. The van der Waals surface area contributed by atoms with Gasteiger partial charge in [-0.1, -0.05) is 19.1 Å². The van der Waals surface area contributed by atoms with Crippen LogP contribution < -0.4 is 10.1 Å². The fourth-order valence-electron chi connectivity index (χ4n) is 2.61. The highest BCUT2D eigenvalue weighted by molar-refractivity contribution is 7.91. The quantitative estimate of drug-likeness (QED) is 0.444. The minimum atomic E-state index is -3.41. The third-order valence-corrected chi connectivity index (χ3v) is 5.95. The number of sulfone groups is 1. The standard InChI is InChI=1S/C20H19N3O5S/c1-3-29(26,27)19-7-5-4-6-18(19)28-17-10-8-15(9-11-17)22-20-14(2)12-16(13-21-20)23(24)25/h4-13H,3H2,1-2H3,(H,21,22). The number of hydrogen-bond acceptors (Lipinski definition) is 7. The number of aromatic nitrogens is 1. The van der Waals surface area contributed by atoms with Crippen molar-refractivity contribution in [1.29, 1.82) is 0 Å². The van der Waals surface area contributed by atoms with Crippen LogP contribution in [0.3, 0.4) is 0 Å². The van der Waals surface area contributed by atoms with Gasteiger partial charge in [-0.05, 0) is 48.9 Å². The van der Waals surface area contributed by atoms with E-state index in [4.69, 9.17) is 4.74 Å². The molecule has 1 heterocycles. The lowest BCUT2D eigenvalue weighted by atomic mass is 10.2. The number of nitro groups is 1. The molecule has 3 rings (SSSR count). The Morgan fingerprint density at radius 1 is 1.14 bits per heavy atom. The summed E-state index contributed by atoms with van der Waals surface area (Å²) in [7, 11) is -3.41. The molecule has 9 heteroatoms. The average Bonchev–Trinajstić information content (AvgIpc) is 2.71. The first kappa shape index (κ1) is 20.3. The maximum absolute atomic E-state index is 12.2. The van der Waals surface area contributed by atoms with Crippen molar-refractivity contribution in [3.05, 3.63) is 76.5 Å². The molecule has 0 saturated heterocycles. The molecule has 0 atom stereocenters. The van der Waals surface area contributed by atoms with Crippen LogP contribution in [0.4, 0.5) is 17.2 Å². The maximum Gasteiger partial charge on any atom is 0.287 e. The molecule has 0 aliphatic heterocycles. The van der Waals surface area contributed by atoms with Crippen LogP contribution in [0.2, 0.25) is 0 Å². The van der Waals surface area contributed by atoms with Gasteiger partial charge < -0.3 is 10.1 Å². The number of aryl methyl sites for hydroxylation is 1. The summed E-state index contributed by atoms with van der Waals surface area (Å²) < 4.78 is 30.2. The average molecular weight is 413 g/mol. The Kier molecular flexibility index (Phi) is 5.79. The summed E-state index contributed by atoms with van der Waals surface area (Å²) in [6.45, 7) is 3.31. The molecule has 0 saturated carbocycles. The lowest BCUT2D eigenvalue weighted by Gasteiger charge is -2.12. The first-order chi connectivity index (χ1) is 13.8. The second-order valence-corrected chi connectivity index (χ2v) is 8.46. The molecule has 29 heavy (non-hydrogen) atoms. The predicted octanol–water partition coefficient (Wildman–Crippen LogP) is 4.63. The molecule has 0 bridgehead atoms. The van der Waals surface area contributed by atoms with Crippen LogP contribution in [0, 0.1) is 17.0 Å². The van der Waals surface area contributed by atoms with E-state index in [1.165, 1.54) is 18.3 Å². The SMILES string of the molecule is CCS(=O)(=O)c1ccccc1Oc1ccc(Nc2ncc([N+](=O)[O-])cc2C)cc1. The molecule has 0 radical (unpaired) electrons. The minimum absolute atomic E-state index is 0.0161. The normalized spacial score (nSPS) is 11.1. The van der Waals surface area contributed by atoms with E-state index in [-0.39, 0.29) is 22.1 Å². The van der Waals surface area contributed by atoms with Gasteiger partial charge in [-0.2, -0.15) is 0 Å². The van der Waals surface area contributed by atoms with E-state index in [0.29, 0.717) is 22.8 Å². The van der Waals surface area contributed by atoms with Gasteiger partial charge in [0.1, 0.15) is 28.4 Å². The van der Waals surface area contributed by atoms with E-state index in [0.717, 1.165) is 0 Å². The van der Waals surface area contributed by atoms with Crippen LogP contribution in [0.15, 0.2) is 65.7 Å². The van der Waals surface area contributed by atoms with Gasteiger partial charge in [-0.25, -0.2) is 13.4 Å². The summed E-state index contributed by atoms with van der Waals surface area (Å²) in [5.74, 6) is 1.23. The summed E-state index contributed by atoms with van der Waals surface area (Å²) in [4.78, 5) is 14.5. The van der Waals surface area contributed by atoms with Gasteiger partial charge in [0.05, 0.1) is 10.7 Å². The number of nitrogens with zero attached hydrogens (tertiary/aromatic N) is 2. The Balaban J connectivity index is 1.78. The lowest BCUT2D eigenvalue weighted by molar-refractivity contribution is -0.385. The molecule has 0 spiro atoms. The summed E-state index contributed by atoms with van der Waals surface area (Å²) in [6, 6.07) is 14.8. The number of hydrogen-bond donors (Lipinski definition) is 1. The third kappa shape index (κ3) is 4.69. The Bertz CT molecular complexity index is 1150. The highest BCUT2D eigenvalue weighted by atomic mass is 32.2. The lowest BCUT2D eigenvalue weighted by Crippen LogP contribution is -2.05. The monoisotopic (exact) mass is 413 g/mol. The molecule has 2 aromatic carbocycles. The number of rotatable bonds is 7. The van der Waals surface area contributed by atoms with Crippen LogP contribution in [0.25, 0.3) is 0 Å². The molecule has 0 aliphatic rings. The van der Waals surface area contributed by atoms with E-state index in [9.17, 15) is 18.5 Å². The number of nitrogens with one attached hydrogen (secondary N) is 1. The number of pyridine rings is 1. The second kappa shape index (κ2) is 8.27. The number of benzene rings is 2. The van der Waals surface area contributed by atoms with Gasteiger partial charge in [0.25, 0.3) is 5.69 Å². The van der Waals surface area contributed by atoms with Crippen molar-refractivity contribution in [2.24, 2.45) is 0 Å². The molecule has 0 aliphatic carbocycles. The molecule has 8 nitrogen and oxygen atoms in total. The molecular formula is C20H19N3O5S. The van der Waals surface area contributed by atoms with E-state index < -0.39 is 14.8 Å². The zero-order valence-electron chi connectivity index (χ0n) is 15.8. The molecule has 0 unspecified atom stereocenters. The first-order valence-corrected chi connectivity index (χ1v) is 10.4. The van der Waals surface area contributed by atoms with E-state index >= 15 is 0 Å². The molecule has 0 amide bonds. The van der Waals surface area contributed by atoms with Crippen molar-refractivity contribution < 1.29 is 18.1 Å². The Hall–Kier alpha value is -3.46. The van der Waals surface area contributed by atoms with Gasteiger partial charge in [-0.3, -0.25) is 10.1 Å². The zero-order chi connectivity index (χ0) is 21.0. The summed E-state index contributed by atoms with van der Waals surface area (Å²) in [5.41, 5.74) is 1.27. The van der Waals surface area contributed by atoms with Gasteiger partial charge in [-0.15, -0.1) is 0 Å². The third-order valence-electron chi connectivity index (χ3n) is 4.18. The fourth-order valence-corrected chi connectivity index (χ4v) is 3.62. The second-order valence-electron chi connectivity index (χ2n) is 6.22. The Morgan fingerprint density at radius 3 is 2.45 bits per heavy atom. The van der Waals surface area contributed by atoms with Crippen LogP contribution in [0.1, 0.15) is 12.5 Å². The Morgan fingerprint density at radius 2 is 1.83 bits per heavy atom. The van der Waals surface area contributed by atoms with E-state index in [1.807, 2.05) is 0 Å². The van der Waals surface area contributed by atoms with Gasteiger partial charge in [0, 0.05) is 11.8 Å².